The van der Waals surface area contributed by atoms with Gasteiger partial charge in [-0.3, -0.25) is 0 Å². The fourth-order valence-electron chi connectivity index (χ4n) is 1.99. The third-order valence-electron chi connectivity index (χ3n) is 2.71. The van der Waals surface area contributed by atoms with E-state index in [1.165, 1.54) is 17.0 Å². The second-order valence-corrected chi connectivity index (χ2v) is 5.98. The largest absolute Gasteiger partial charge is 0.0829 e. The van der Waals surface area contributed by atoms with Crippen LogP contribution in [0.3, 0.4) is 0 Å². The summed E-state index contributed by atoms with van der Waals surface area (Å²) in [6.07, 6.45) is 26.1. The predicted octanol–water partition coefficient (Wildman–Crippen LogP) is 3.56. The van der Waals surface area contributed by atoms with Crippen molar-refractivity contribution in [1.82, 2.24) is 0 Å². The molecule has 0 amide bonds. The standard InChI is InChI=1S/C15H12P/c1-2-8-13(7-1)16(14-9-3-4-10-14)15-11-5-6-12-15/h1-12H. The number of hydrogen-bond acceptors (Lipinski definition) is 0. The Bertz CT molecular complexity index is 169. The third kappa shape index (κ3) is 2.33. The Hall–Kier alpha value is 0.430. The summed E-state index contributed by atoms with van der Waals surface area (Å²) < 4.78 is 0. The van der Waals surface area contributed by atoms with E-state index >= 15 is 0 Å². The molecule has 0 nitrogen and oxygen atoms in total. The summed E-state index contributed by atoms with van der Waals surface area (Å²) in [7, 11) is -0.335. The molecule has 0 N–H and O–H groups in total. The van der Waals surface area contributed by atoms with Gasteiger partial charge in [-0.15, -0.1) is 0 Å². The van der Waals surface area contributed by atoms with Gasteiger partial charge in [0.25, 0.3) is 0 Å². The first kappa shape index (κ1) is 11.5. The van der Waals surface area contributed by atoms with Crippen molar-refractivity contribution < 1.29 is 0 Å². The molecule has 3 aliphatic rings. The molecule has 0 aromatic heterocycles. The molecule has 15 radical (unpaired) electrons. The summed E-state index contributed by atoms with van der Waals surface area (Å²) in [5.41, 5.74) is 4.31. The van der Waals surface area contributed by atoms with Gasteiger partial charge in [-0.2, -0.15) is 0 Å². The van der Waals surface area contributed by atoms with Crippen LogP contribution in [0.1, 0.15) is 0 Å². The Morgan fingerprint density at radius 3 is 0.938 bits per heavy atom. The van der Waals surface area contributed by atoms with Gasteiger partial charge in [-0.05, 0) is 77.0 Å². The first-order valence-corrected chi connectivity index (χ1v) is 6.74. The molecule has 0 spiro atoms. The Morgan fingerprint density at radius 2 is 0.688 bits per heavy atom. The Balaban J connectivity index is 1.70. The Labute approximate surface area is 102 Å². The molecule has 3 saturated carbocycles. The molecule has 3 fully saturated rings. The van der Waals surface area contributed by atoms with Gasteiger partial charge in [0.2, 0.25) is 0 Å². The highest BCUT2D eigenvalue weighted by molar-refractivity contribution is 7.68. The van der Waals surface area contributed by atoms with Crippen molar-refractivity contribution in [3.63, 3.8) is 0 Å². The van der Waals surface area contributed by atoms with E-state index in [4.69, 9.17) is 0 Å². The molecule has 0 saturated heterocycles. The van der Waals surface area contributed by atoms with Gasteiger partial charge in [0.1, 0.15) is 0 Å². The monoisotopic (exact) mass is 223 g/mol. The van der Waals surface area contributed by atoms with Crippen LogP contribution in [0.2, 0.25) is 0 Å². The van der Waals surface area contributed by atoms with E-state index in [2.05, 4.69) is 77.0 Å². The van der Waals surface area contributed by atoms with E-state index in [0.717, 1.165) is 0 Å². The zero-order valence-electron chi connectivity index (χ0n) is 8.88. The van der Waals surface area contributed by atoms with E-state index in [-0.39, 0.29) is 7.92 Å². The van der Waals surface area contributed by atoms with Gasteiger partial charge in [0.15, 0.2) is 0 Å². The lowest BCUT2D eigenvalue weighted by Crippen LogP contribution is -2.05. The van der Waals surface area contributed by atoms with Crippen molar-refractivity contribution >= 4 is 7.92 Å². The number of rotatable bonds is 3. The van der Waals surface area contributed by atoms with Crippen LogP contribution in [0.15, 0.2) is 0 Å². The molecule has 0 atom stereocenters. The molecule has 3 rings (SSSR count). The summed E-state index contributed by atoms with van der Waals surface area (Å²) in [5, 5.41) is 0. The van der Waals surface area contributed by atoms with Crippen LogP contribution in [0.5, 0.6) is 0 Å². The highest BCUT2D eigenvalue weighted by Crippen LogP contribution is 2.71. The average molecular weight is 223 g/mol. The molecule has 3 aliphatic carbocycles. The number of hydrogen-bond donors (Lipinski definition) is 0. The van der Waals surface area contributed by atoms with E-state index in [1.807, 2.05) is 0 Å². The van der Waals surface area contributed by atoms with E-state index < -0.39 is 0 Å². The first-order valence-electron chi connectivity index (χ1n) is 5.40. The van der Waals surface area contributed by atoms with Crippen LogP contribution in [0.25, 0.3) is 0 Å². The summed E-state index contributed by atoms with van der Waals surface area (Å²) in [5.74, 6) is 0. The second kappa shape index (κ2) is 5.38. The molecule has 0 unspecified atom stereocenters. The molecule has 0 bridgehead atoms. The minimum absolute atomic E-state index is 0.335. The van der Waals surface area contributed by atoms with Gasteiger partial charge in [-0.1, -0.05) is 7.92 Å². The quantitative estimate of drug-likeness (QED) is 0.642. The molecular formula is C15H12P. The maximum absolute atomic E-state index is 2.23. The van der Waals surface area contributed by atoms with Crippen molar-refractivity contribution in [1.29, 1.82) is 0 Å². The average Bonchev–Trinajstić information content (AvgIpc) is 3.02. The van der Waals surface area contributed by atoms with Crippen LogP contribution in [-0.4, -0.2) is 0 Å². The van der Waals surface area contributed by atoms with Crippen LogP contribution in [0, 0.1) is 94.0 Å². The summed E-state index contributed by atoms with van der Waals surface area (Å²) in [6, 6.07) is 0. The minimum atomic E-state index is -0.335. The maximum atomic E-state index is 2.23. The molecule has 1 heteroatoms. The minimum Gasteiger partial charge on any atom is -0.0829 e. The summed E-state index contributed by atoms with van der Waals surface area (Å²) in [4.78, 5) is 0. The van der Waals surface area contributed by atoms with E-state index in [1.54, 1.807) is 0 Å². The third-order valence-corrected chi connectivity index (χ3v) is 5.15. The smallest absolute Gasteiger partial charge is 0.00865 e. The van der Waals surface area contributed by atoms with Crippen molar-refractivity contribution in [2.24, 2.45) is 0 Å². The molecular weight excluding hydrogens is 211 g/mol. The fraction of sp³-hybridized carbons (Fsp3) is 0. The Morgan fingerprint density at radius 1 is 0.438 bits per heavy atom. The fourth-order valence-corrected chi connectivity index (χ4v) is 4.29. The molecule has 0 aromatic rings. The molecule has 16 heavy (non-hydrogen) atoms. The molecule has 0 heterocycles. The van der Waals surface area contributed by atoms with Gasteiger partial charge >= 0.3 is 0 Å². The molecule has 0 aromatic carbocycles. The van der Waals surface area contributed by atoms with Gasteiger partial charge < -0.3 is 0 Å². The van der Waals surface area contributed by atoms with Gasteiger partial charge in [0, 0.05) is 17.0 Å². The van der Waals surface area contributed by atoms with Gasteiger partial charge in [0.05, 0.1) is 0 Å². The van der Waals surface area contributed by atoms with Gasteiger partial charge in [-0.25, -0.2) is 0 Å². The first-order chi connectivity index (χ1) is 7.95. The van der Waals surface area contributed by atoms with Crippen LogP contribution < -0.4 is 0 Å². The zero-order chi connectivity index (χ0) is 10.8. The zero-order valence-corrected chi connectivity index (χ0v) is 9.77. The SMILES string of the molecule is [CH]1[CH][CH][C](P([C]2[CH][CH][CH][CH]2)[C]2[CH][CH][CH][CH]2)[CH]1. The van der Waals surface area contributed by atoms with Crippen LogP contribution in [0.4, 0.5) is 0 Å². The normalized spacial score (nSPS) is 29.8. The lowest BCUT2D eigenvalue weighted by atomic mass is 10.3. The highest BCUT2D eigenvalue weighted by Gasteiger charge is 2.40. The lowest BCUT2D eigenvalue weighted by molar-refractivity contribution is 1.38. The molecule has 77 valence electrons. The highest BCUT2D eigenvalue weighted by atomic mass is 31.1. The summed E-state index contributed by atoms with van der Waals surface area (Å²) >= 11 is 0. The van der Waals surface area contributed by atoms with Crippen LogP contribution in [-0.2, 0) is 0 Å². The summed E-state index contributed by atoms with van der Waals surface area (Å²) in [6.45, 7) is 0. The predicted molar refractivity (Wildman–Crippen MR) is 68.2 cm³/mol. The van der Waals surface area contributed by atoms with Crippen molar-refractivity contribution in [2.75, 3.05) is 0 Å². The second-order valence-electron chi connectivity index (χ2n) is 3.76. The van der Waals surface area contributed by atoms with Crippen LogP contribution >= 0.6 is 7.92 Å². The molecule has 0 aliphatic heterocycles. The van der Waals surface area contributed by atoms with E-state index in [0.29, 0.717) is 0 Å². The maximum Gasteiger partial charge on any atom is 0.00865 e. The Kier molecular flexibility index (Phi) is 3.87. The van der Waals surface area contributed by atoms with Crippen molar-refractivity contribution in [3.8, 4) is 0 Å². The lowest BCUT2D eigenvalue weighted by Gasteiger charge is -2.33. The van der Waals surface area contributed by atoms with E-state index in [9.17, 15) is 0 Å². The topological polar surface area (TPSA) is 0 Å². The van der Waals surface area contributed by atoms with Crippen molar-refractivity contribution in [3.05, 3.63) is 94.0 Å². The van der Waals surface area contributed by atoms with Crippen molar-refractivity contribution in [2.45, 2.75) is 0 Å².